The standard InChI is InChI=1S/C16H13NO.C4H10.4C2H6/c1-12-15(13-8-4-2-5-9-13)16(17-18-12)14-10-6-3-7-11-14;1-3-4-2;4*1-2/h2-11H,1H3;3-4H2,1-2H3;4*1-2H3. The lowest BCUT2D eigenvalue weighted by Crippen LogP contribution is -1.83. The van der Waals surface area contributed by atoms with E-state index in [4.69, 9.17) is 4.52 Å². The summed E-state index contributed by atoms with van der Waals surface area (Å²) in [6.45, 7) is 22.3. The highest BCUT2D eigenvalue weighted by molar-refractivity contribution is 5.81. The van der Waals surface area contributed by atoms with Crippen LogP contribution in [0.1, 0.15) is 87.8 Å². The van der Waals surface area contributed by atoms with Crippen LogP contribution in [-0.4, -0.2) is 5.16 Å². The summed E-state index contributed by atoms with van der Waals surface area (Å²) in [4.78, 5) is 0. The average molecular weight is 414 g/mol. The number of benzene rings is 2. The zero-order valence-corrected chi connectivity index (χ0v) is 21.5. The van der Waals surface area contributed by atoms with Crippen molar-refractivity contribution in [3.63, 3.8) is 0 Å². The molecule has 0 fully saturated rings. The molecule has 2 aromatic carbocycles. The van der Waals surface area contributed by atoms with Crippen molar-refractivity contribution in [2.24, 2.45) is 0 Å². The molecule has 0 bridgehead atoms. The molecule has 170 valence electrons. The third-order valence-electron chi connectivity index (χ3n) is 3.47. The fourth-order valence-corrected chi connectivity index (χ4v) is 2.11. The molecular weight excluding hydrogens is 366 g/mol. The molecule has 3 rings (SSSR count). The van der Waals surface area contributed by atoms with Crippen LogP contribution in [0.2, 0.25) is 0 Å². The highest BCUT2D eigenvalue weighted by Crippen LogP contribution is 2.33. The molecular formula is C28H47NO. The van der Waals surface area contributed by atoms with Gasteiger partial charge in [0.05, 0.1) is 5.56 Å². The Morgan fingerprint density at radius 3 is 1.33 bits per heavy atom. The SMILES string of the molecule is CC.CC.CC.CC.CCCC.Cc1onc(-c2ccccc2)c1-c1ccccc1. The van der Waals surface area contributed by atoms with Gasteiger partial charge in [-0.15, -0.1) is 0 Å². The molecule has 0 N–H and O–H groups in total. The summed E-state index contributed by atoms with van der Waals surface area (Å²) in [6, 6.07) is 20.3. The molecule has 0 aliphatic rings. The second-order valence-electron chi connectivity index (χ2n) is 5.19. The quantitative estimate of drug-likeness (QED) is 0.427. The summed E-state index contributed by atoms with van der Waals surface area (Å²) in [5.41, 5.74) is 4.18. The molecule has 1 heterocycles. The van der Waals surface area contributed by atoms with Crippen LogP contribution in [0.15, 0.2) is 65.2 Å². The van der Waals surface area contributed by atoms with E-state index in [9.17, 15) is 0 Å². The van der Waals surface area contributed by atoms with Gasteiger partial charge >= 0.3 is 0 Å². The number of aromatic nitrogens is 1. The lowest BCUT2D eigenvalue weighted by Gasteiger charge is -2.02. The predicted molar refractivity (Wildman–Crippen MR) is 138 cm³/mol. The lowest BCUT2D eigenvalue weighted by atomic mass is 10.00. The minimum absolute atomic E-state index is 0.847. The Bertz CT molecular complexity index is 670. The Morgan fingerprint density at radius 1 is 0.600 bits per heavy atom. The maximum absolute atomic E-state index is 5.35. The number of unbranched alkanes of at least 4 members (excludes halogenated alkanes) is 1. The summed E-state index contributed by atoms with van der Waals surface area (Å²) in [5.74, 6) is 0.847. The van der Waals surface area contributed by atoms with Gasteiger partial charge in [-0.1, -0.05) is 148 Å². The van der Waals surface area contributed by atoms with E-state index in [-0.39, 0.29) is 0 Å². The van der Waals surface area contributed by atoms with Crippen LogP contribution in [0, 0.1) is 6.92 Å². The number of rotatable bonds is 3. The van der Waals surface area contributed by atoms with Gasteiger partial charge in [-0.2, -0.15) is 0 Å². The van der Waals surface area contributed by atoms with Crippen molar-refractivity contribution in [3.05, 3.63) is 66.4 Å². The van der Waals surface area contributed by atoms with Gasteiger partial charge in [0.2, 0.25) is 0 Å². The highest BCUT2D eigenvalue weighted by atomic mass is 16.5. The van der Waals surface area contributed by atoms with Crippen molar-refractivity contribution in [3.8, 4) is 22.4 Å². The van der Waals surface area contributed by atoms with Gasteiger partial charge in [0.1, 0.15) is 11.5 Å². The van der Waals surface area contributed by atoms with Gasteiger partial charge in [-0.3, -0.25) is 0 Å². The molecule has 0 saturated heterocycles. The van der Waals surface area contributed by atoms with Gasteiger partial charge in [-0.05, 0) is 12.5 Å². The van der Waals surface area contributed by atoms with Gasteiger partial charge in [0, 0.05) is 5.56 Å². The van der Waals surface area contributed by atoms with Crippen LogP contribution in [0.5, 0.6) is 0 Å². The fourth-order valence-electron chi connectivity index (χ4n) is 2.11. The smallest absolute Gasteiger partial charge is 0.142 e. The van der Waals surface area contributed by atoms with Crippen molar-refractivity contribution < 1.29 is 4.52 Å². The number of nitrogens with zero attached hydrogens (tertiary/aromatic N) is 1. The van der Waals surface area contributed by atoms with Gasteiger partial charge in [0.15, 0.2) is 0 Å². The fraction of sp³-hybridized carbons (Fsp3) is 0.464. The largest absolute Gasteiger partial charge is 0.360 e. The lowest BCUT2D eigenvalue weighted by molar-refractivity contribution is 0.400. The number of hydrogen-bond acceptors (Lipinski definition) is 2. The van der Waals surface area contributed by atoms with Gasteiger partial charge in [0.25, 0.3) is 0 Å². The molecule has 2 nitrogen and oxygen atoms in total. The van der Waals surface area contributed by atoms with Crippen LogP contribution in [0.25, 0.3) is 22.4 Å². The summed E-state index contributed by atoms with van der Waals surface area (Å²) in [6.07, 6.45) is 2.64. The normalized spacial score (nSPS) is 8.10. The Balaban J connectivity index is -0.000000520. The molecule has 0 amide bonds. The van der Waals surface area contributed by atoms with Gasteiger partial charge in [-0.25, -0.2) is 0 Å². The third-order valence-corrected chi connectivity index (χ3v) is 3.47. The molecule has 3 aromatic rings. The first-order chi connectivity index (χ1) is 14.8. The van der Waals surface area contributed by atoms with Crippen LogP contribution in [0.3, 0.4) is 0 Å². The first kappa shape index (κ1) is 32.3. The van der Waals surface area contributed by atoms with E-state index >= 15 is 0 Å². The summed E-state index contributed by atoms with van der Waals surface area (Å²) in [5, 5.41) is 4.19. The molecule has 0 aliphatic heterocycles. The maximum atomic E-state index is 5.35. The minimum atomic E-state index is 0.847. The third kappa shape index (κ3) is 12.3. The zero-order chi connectivity index (χ0) is 23.8. The Hall–Kier alpha value is -2.35. The van der Waals surface area contributed by atoms with Crippen molar-refractivity contribution in [2.75, 3.05) is 0 Å². The Labute approximate surface area is 187 Å². The Kier molecular flexibility index (Phi) is 26.6. The van der Waals surface area contributed by atoms with E-state index < -0.39 is 0 Å². The first-order valence-corrected chi connectivity index (χ1v) is 11.8. The zero-order valence-electron chi connectivity index (χ0n) is 21.5. The molecule has 2 heteroatoms. The second kappa shape index (κ2) is 24.7. The van der Waals surface area contributed by atoms with E-state index in [2.05, 4.69) is 31.1 Å². The van der Waals surface area contributed by atoms with Crippen LogP contribution in [-0.2, 0) is 0 Å². The van der Waals surface area contributed by atoms with E-state index in [0.717, 1.165) is 28.1 Å². The second-order valence-corrected chi connectivity index (χ2v) is 5.19. The molecule has 0 spiro atoms. The van der Waals surface area contributed by atoms with Crippen molar-refractivity contribution >= 4 is 0 Å². The summed E-state index contributed by atoms with van der Waals surface area (Å²) < 4.78 is 5.35. The van der Waals surface area contributed by atoms with Crippen molar-refractivity contribution in [1.29, 1.82) is 0 Å². The molecule has 0 saturated carbocycles. The van der Waals surface area contributed by atoms with E-state index in [1.165, 1.54) is 12.8 Å². The predicted octanol–water partition coefficient (Wildman–Crippen LogP) is 10.2. The minimum Gasteiger partial charge on any atom is -0.360 e. The topological polar surface area (TPSA) is 26.0 Å². The molecule has 0 unspecified atom stereocenters. The Morgan fingerprint density at radius 2 is 0.967 bits per heavy atom. The molecule has 30 heavy (non-hydrogen) atoms. The highest BCUT2D eigenvalue weighted by Gasteiger charge is 2.15. The summed E-state index contributed by atoms with van der Waals surface area (Å²) >= 11 is 0. The van der Waals surface area contributed by atoms with Crippen LogP contribution < -0.4 is 0 Å². The van der Waals surface area contributed by atoms with Crippen molar-refractivity contribution in [1.82, 2.24) is 5.16 Å². The maximum Gasteiger partial charge on any atom is 0.142 e. The van der Waals surface area contributed by atoms with E-state index in [0.29, 0.717) is 0 Å². The van der Waals surface area contributed by atoms with Crippen LogP contribution >= 0.6 is 0 Å². The summed E-state index contributed by atoms with van der Waals surface area (Å²) in [7, 11) is 0. The van der Waals surface area contributed by atoms with Gasteiger partial charge < -0.3 is 4.52 Å². The molecule has 0 aliphatic carbocycles. The van der Waals surface area contributed by atoms with E-state index in [1.54, 1.807) is 0 Å². The van der Waals surface area contributed by atoms with Crippen molar-refractivity contribution in [2.45, 2.75) is 89.0 Å². The average Bonchev–Trinajstić information content (AvgIpc) is 3.26. The number of hydrogen-bond donors (Lipinski definition) is 0. The van der Waals surface area contributed by atoms with Crippen LogP contribution in [0.4, 0.5) is 0 Å². The molecule has 0 radical (unpaired) electrons. The number of aryl methyl sites for hydroxylation is 1. The monoisotopic (exact) mass is 413 g/mol. The molecule has 0 atom stereocenters. The van der Waals surface area contributed by atoms with E-state index in [1.807, 2.05) is 111 Å². The molecule has 1 aromatic heterocycles. The first-order valence-electron chi connectivity index (χ1n) is 11.8.